The highest BCUT2D eigenvalue weighted by Gasteiger charge is 2.44. The SMILES string of the molecule is CCCCCCCCCCCCCCCCCCC/C=C/CC/C=C/CC/C=C/CCCC(O)C(O)C(COC1OC(CO)C(O)C(O)C1O)NC(=O)C(O)CCCCCCCCCCCCCCCCCCC. The fraction of sp³-hybridized carbons (Fsp3) is 0.889. The lowest BCUT2D eigenvalue weighted by Crippen LogP contribution is -2.60. The monoisotopic (exact) mass is 1050 g/mol. The number of amides is 1. The van der Waals surface area contributed by atoms with Gasteiger partial charge in [-0.1, -0.05) is 262 Å². The molecule has 0 aliphatic carbocycles. The van der Waals surface area contributed by atoms with Gasteiger partial charge in [-0.15, -0.1) is 0 Å². The molecule has 0 radical (unpaired) electrons. The molecule has 74 heavy (non-hydrogen) atoms. The molecule has 1 saturated heterocycles. The van der Waals surface area contributed by atoms with Gasteiger partial charge in [-0.25, -0.2) is 0 Å². The molecule has 436 valence electrons. The lowest BCUT2D eigenvalue weighted by molar-refractivity contribution is -0.303. The largest absolute Gasteiger partial charge is 0.394 e. The van der Waals surface area contributed by atoms with Crippen molar-refractivity contribution < 1.29 is 50.0 Å². The minimum Gasteiger partial charge on any atom is -0.394 e. The third-order valence-electron chi connectivity index (χ3n) is 15.2. The summed E-state index contributed by atoms with van der Waals surface area (Å²) >= 11 is 0. The number of aliphatic hydroxyl groups is 7. The van der Waals surface area contributed by atoms with E-state index >= 15 is 0 Å². The molecule has 0 aromatic heterocycles. The summed E-state index contributed by atoms with van der Waals surface area (Å²) in [5, 5.41) is 76.2. The van der Waals surface area contributed by atoms with Crippen molar-refractivity contribution in [1.82, 2.24) is 5.32 Å². The van der Waals surface area contributed by atoms with Crippen LogP contribution in [0, 0.1) is 0 Å². The maximum Gasteiger partial charge on any atom is 0.249 e. The van der Waals surface area contributed by atoms with E-state index in [1.54, 1.807) is 0 Å². The zero-order valence-corrected chi connectivity index (χ0v) is 47.8. The second-order valence-electron chi connectivity index (χ2n) is 22.1. The average Bonchev–Trinajstić information content (AvgIpc) is 3.40. The van der Waals surface area contributed by atoms with E-state index in [2.05, 4.69) is 55.6 Å². The van der Waals surface area contributed by atoms with Crippen molar-refractivity contribution in [2.45, 2.75) is 345 Å². The van der Waals surface area contributed by atoms with Gasteiger partial charge >= 0.3 is 0 Å². The highest BCUT2D eigenvalue weighted by molar-refractivity contribution is 5.80. The van der Waals surface area contributed by atoms with Crippen LogP contribution in [0.2, 0.25) is 0 Å². The first-order chi connectivity index (χ1) is 36.2. The van der Waals surface area contributed by atoms with Crippen LogP contribution < -0.4 is 5.32 Å². The number of aliphatic hydroxyl groups excluding tert-OH is 7. The van der Waals surface area contributed by atoms with E-state index in [4.69, 9.17) is 9.47 Å². The van der Waals surface area contributed by atoms with Crippen molar-refractivity contribution in [3.8, 4) is 0 Å². The quantitative estimate of drug-likeness (QED) is 0.0215. The number of rotatable bonds is 54. The van der Waals surface area contributed by atoms with Gasteiger partial charge in [0.2, 0.25) is 5.91 Å². The predicted octanol–water partition coefficient (Wildman–Crippen LogP) is 13.9. The smallest absolute Gasteiger partial charge is 0.249 e. The van der Waals surface area contributed by atoms with Crippen molar-refractivity contribution in [2.75, 3.05) is 13.2 Å². The van der Waals surface area contributed by atoms with Crippen LogP contribution in [0.1, 0.15) is 290 Å². The Morgan fingerprint density at radius 3 is 1.20 bits per heavy atom. The van der Waals surface area contributed by atoms with Gasteiger partial charge in [-0.2, -0.15) is 0 Å². The van der Waals surface area contributed by atoms with Gasteiger partial charge < -0.3 is 50.5 Å². The highest BCUT2D eigenvalue weighted by atomic mass is 16.7. The third-order valence-corrected chi connectivity index (χ3v) is 15.2. The number of allylic oxidation sites excluding steroid dienone is 6. The summed E-state index contributed by atoms with van der Waals surface area (Å²) in [5.74, 6) is -0.709. The van der Waals surface area contributed by atoms with Gasteiger partial charge in [-0.05, 0) is 64.2 Å². The molecule has 8 N–H and O–H groups in total. The van der Waals surface area contributed by atoms with Gasteiger partial charge in [0.15, 0.2) is 6.29 Å². The molecule has 0 spiro atoms. The molecule has 0 saturated carbocycles. The Morgan fingerprint density at radius 2 is 0.811 bits per heavy atom. The van der Waals surface area contributed by atoms with Crippen LogP contribution in [0.25, 0.3) is 0 Å². The number of carbonyl (C=O) groups is 1. The molecule has 0 aromatic carbocycles. The number of nitrogens with one attached hydrogen (secondary N) is 1. The van der Waals surface area contributed by atoms with Crippen LogP contribution in [0.3, 0.4) is 0 Å². The highest BCUT2D eigenvalue weighted by Crippen LogP contribution is 2.23. The molecular weight excluding hydrogens is 931 g/mol. The molecule has 1 heterocycles. The molecule has 0 aromatic rings. The van der Waals surface area contributed by atoms with Gasteiger partial charge in [0.05, 0.1) is 25.4 Å². The van der Waals surface area contributed by atoms with Crippen molar-refractivity contribution in [3.63, 3.8) is 0 Å². The van der Waals surface area contributed by atoms with E-state index in [1.807, 2.05) is 0 Å². The second kappa shape index (κ2) is 52.1. The molecule has 0 bridgehead atoms. The van der Waals surface area contributed by atoms with Crippen LogP contribution in [0.15, 0.2) is 36.5 Å². The number of carbonyl (C=O) groups excluding carboxylic acids is 1. The number of hydrogen-bond donors (Lipinski definition) is 8. The first kappa shape index (κ1) is 70.3. The van der Waals surface area contributed by atoms with Crippen LogP contribution >= 0.6 is 0 Å². The second-order valence-corrected chi connectivity index (χ2v) is 22.1. The molecule has 1 rings (SSSR count). The number of hydrogen-bond acceptors (Lipinski definition) is 10. The summed E-state index contributed by atoms with van der Waals surface area (Å²) in [7, 11) is 0. The van der Waals surface area contributed by atoms with Crippen LogP contribution in [-0.4, -0.2) is 110 Å². The number of unbranched alkanes of at least 4 members (excludes halogenated alkanes) is 36. The maximum atomic E-state index is 13.2. The lowest BCUT2D eigenvalue weighted by Gasteiger charge is -2.40. The van der Waals surface area contributed by atoms with E-state index in [0.717, 1.165) is 44.9 Å². The summed E-state index contributed by atoms with van der Waals surface area (Å²) in [4.78, 5) is 13.2. The summed E-state index contributed by atoms with van der Waals surface area (Å²) in [5.41, 5.74) is 0. The first-order valence-corrected chi connectivity index (χ1v) is 31.4. The normalized spacial score (nSPS) is 20.0. The summed E-state index contributed by atoms with van der Waals surface area (Å²) < 4.78 is 11.1. The van der Waals surface area contributed by atoms with Crippen molar-refractivity contribution >= 4 is 5.91 Å². The molecule has 9 atom stereocenters. The maximum absolute atomic E-state index is 13.2. The Hall–Kier alpha value is -1.67. The molecule has 11 nitrogen and oxygen atoms in total. The lowest BCUT2D eigenvalue weighted by atomic mass is 9.98. The Bertz CT molecular complexity index is 1300. The molecule has 1 fully saturated rings. The Labute approximate surface area is 454 Å². The summed E-state index contributed by atoms with van der Waals surface area (Å²) in [6, 6.07) is -1.19. The van der Waals surface area contributed by atoms with Gasteiger partial charge in [0.1, 0.15) is 36.6 Å². The molecule has 1 amide bonds. The van der Waals surface area contributed by atoms with E-state index in [-0.39, 0.29) is 12.8 Å². The zero-order chi connectivity index (χ0) is 54.0. The average molecular weight is 1050 g/mol. The molecule has 1 aliphatic heterocycles. The van der Waals surface area contributed by atoms with E-state index in [9.17, 15) is 40.5 Å². The number of ether oxygens (including phenoxy) is 2. The third kappa shape index (κ3) is 39.7. The minimum absolute atomic E-state index is 0.243. The van der Waals surface area contributed by atoms with Gasteiger partial charge in [0, 0.05) is 0 Å². The summed E-state index contributed by atoms with van der Waals surface area (Å²) in [6.45, 7) is 3.47. The topological polar surface area (TPSA) is 189 Å². The van der Waals surface area contributed by atoms with E-state index in [1.165, 1.54) is 199 Å². The molecule has 9 unspecified atom stereocenters. The first-order valence-electron chi connectivity index (χ1n) is 31.4. The Balaban J connectivity index is 2.28. The van der Waals surface area contributed by atoms with Crippen LogP contribution in [0.4, 0.5) is 0 Å². The predicted molar refractivity (Wildman–Crippen MR) is 307 cm³/mol. The standard InChI is InChI=1S/C63H119NO10/c1-3-5-7-9-11-13-15-17-19-21-22-23-24-25-26-27-28-29-30-31-32-33-35-36-38-40-42-44-46-48-50-55(66)58(68)54(53-73-63-61(71)60(70)59(69)57(52-65)74-63)64-62(72)56(67)51-49-47-45-43-41-39-37-34-20-18-16-14-12-10-8-6-4-2/h30-31,35-36,42,44,54-61,63,65-71H,3-29,32-34,37-41,43,45-53H2,1-2H3,(H,64,72)/b31-30+,36-35+,44-42+. The molecular formula is C63H119NO10. The van der Waals surface area contributed by atoms with Crippen LogP contribution in [-0.2, 0) is 14.3 Å². The van der Waals surface area contributed by atoms with Crippen molar-refractivity contribution in [1.29, 1.82) is 0 Å². The minimum atomic E-state index is -1.67. The molecule has 1 aliphatic rings. The van der Waals surface area contributed by atoms with Gasteiger partial charge in [0.25, 0.3) is 0 Å². The van der Waals surface area contributed by atoms with Crippen molar-refractivity contribution in [3.05, 3.63) is 36.5 Å². The van der Waals surface area contributed by atoms with Gasteiger partial charge in [-0.3, -0.25) is 4.79 Å². The Morgan fingerprint density at radius 1 is 0.459 bits per heavy atom. The van der Waals surface area contributed by atoms with Crippen LogP contribution in [0.5, 0.6) is 0 Å². The fourth-order valence-corrected chi connectivity index (χ4v) is 10.1. The molecule has 11 heteroatoms. The van der Waals surface area contributed by atoms with Crippen molar-refractivity contribution in [2.24, 2.45) is 0 Å². The zero-order valence-electron chi connectivity index (χ0n) is 47.8. The van der Waals surface area contributed by atoms with E-state index < -0.39 is 74.2 Å². The summed E-state index contributed by atoms with van der Waals surface area (Å²) in [6.07, 6.45) is 53.6. The fourth-order valence-electron chi connectivity index (χ4n) is 10.1. The Kier molecular flexibility index (Phi) is 49.5. The van der Waals surface area contributed by atoms with E-state index in [0.29, 0.717) is 19.3 Å².